The van der Waals surface area contributed by atoms with Crippen molar-refractivity contribution in [3.05, 3.63) is 205 Å². The average molecular weight is 877 g/mol. The number of ether oxygens (including phenoxy) is 1. The van der Waals surface area contributed by atoms with E-state index in [2.05, 4.69) is 259 Å². The van der Waals surface area contributed by atoms with Gasteiger partial charge in [0.2, 0.25) is 0 Å². The van der Waals surface area contributed by atoms with Gasteiger partial charge in [0.1, 0.15) is 17.3 Å². The lowest BCUT2D eigenvalue weighted by Crippen LogP contribution is -2.30. The summed E-state index contributed by atoms with van der Waals surface area (Å²) in [4.78, 5) is 9.84. The molecule has 5 heteroatoms. The van der Waals surface area contributed by atoms with Gasteiger partial charge in [-0.15, -0.1) is 0 Å². The summed E-state index contributed by atoms with van der Waals surface area (Å²) in [6.07, 6.45) is 4.27. The molecule has 67 heavy (non-hydrogen) atoms. The van der Waals surface area contributed by atoms with Gasteiger partial charge in [0.05, 0.1) is 17.7 Å². The van der Waals surface area contributed by atoms with E-state index in [-0.39, 0.29) is 16.2 Å². The van der Waals surface area contributed by atoms with Crippen molar-refractivity contribution in [2.75, 3.05) is 16.5 Å². The van der Waals surface area contributed by atoms with Gasteiger partial charge < -0.3 is 14.5 Å². The van der Waals surface area contributed by atoms with Crippen LogP contribution in [0.4, 0.5) is 11.4 Å². The molecule has 5 nitrogen and oxygen atoms in total. The van der Waals surface area contributed by atoms with Crippen LogP contribution in [0.5, 0.6) is 11.5 Å². The molecule has 334 valence electrons. The normalized spacial score (nSPS) is 13.4. The Balaban J connectivity index is 1.08. The second-order valence-electron chi connectivity index (χ2n) is 21.1. The molecule has 3 heterocycles. The second kappa shape index (κ2) is 16.8. The third-order valence-corrected chi connectivity index (χ3v) is 13.1. The molecule has 0 unspecified atom stereocenters. The number of aromatic nitrogens is 2. The number of hydrogen-bond acceptors (Lipinski definition) is 4. The topological polar surface area (TPSA) is 33.5 Å². The van der Waals surface area contributed by atoms with Crippen LogP contribution >= 0.6 is 0 Å². The molecule has 7 aromatic carbocycles. The molecular weight excluding hydrogens is 817 g/mol. The summed E-state index contributed by atoms with van der Waals surface area (Å²) < 4.78 is 9.34. The first-order valence-corrected chi connectivity index (χ1v) is 23.5. The predicted molar refractivity (Wildman–Crippen MR) is 283 cm³/mol. The van der Waals surface area contributed by atoms with Gasteiger partial charge in [-0.25, -0.2) is 4.98 Å². The lowest BCUT2D eigenvalue weighted by atomic mass is 9.86. The zero-order chi connectivity index (χ0) is 46.7. The van der Waals surface area contributed by atoms with Crippen LogP contribution in [0.3, 0.4) is 0 Å². The van der Waals surface area contributed by atoms with E-state index in [4.69, 9.17) is 9.72 Å². The Morgan fingerprint density at radius 3 is 1.58 bits per heavy atom. The van der Waals surface area contributed by atoms with E-state index in [9.17, 15) is 0 Å². The second-order valence-corrected chi connectivity index (χ2v) is 21.1. The van der Waals surface area contributed by atoms with Gasteiger partial charge in [-0.2, -0.15) is 0 Å². The van der Waals surface area contributed by atoms with E-state index in [1.165, 1.54) is 49.9 Å². The maximum absolute atomic E-state index is 7.03. The first-order valence-electron chi connectivity index (χ1n) is 23.5. The first-order chi connectivity index (χ1) is 32.1. The molecule has 0 radical (unpaired) electrons. The molecule has 0 fully saturated rings. The number of anilines is 2. The van der Waals surface area contributed by atoms with E-state index in [1.54, 1.807) is 0 Å². The third kappa shape index (κ3) is 8.75. The number of rotatable bonds is 8. The van der Waals surface area contributed by atoms with Crippen molar-refractivity contribution in [1.82, 2.24) is 9.55 Å². The van der Waals surface area contributed by atoms with Crippen LogP contribution < -0.4 is 14.5 Å². The Kier molecular flexibility index (Phi) is 10.9. The van der Waals surface area contributed by atoms with Crippen molar-refractivity contribution in [1.29, 1.82) is 0 Å². The lowest BCUT2D eigenvalue weighted by molar-refractivity contribution is 0.483. The summed E-state index contributed by atoms with van der Waals surface area (Å²) in [5.74, 6) is 2.42. The van der Waals surface area contributed by atoms with Crippen molar-refractivity contribution in [3.63, 3.8) is 0 Å². The Morgan fingerprint density at radius 2 is 1.00 bits per heavy atom. The van der Waals surface area contributed by atoms with Gasteiger partial charge in [0.15, 0.2) is 0 Å². The van der Waals surface area contributed by atoms with Gasteiger partial charge in [0, 0.05) is 57.8 Å². The predicted octanol–water partition coefficient (Wildman–Crippen LogP) is 16.7. The van der Waals surface area contributed by atoms with Crippen LogP contribution in [0.2, 0.25) is 0 Å². The van der Waals surface area contributed by atoms with Gasteiger partial charge in [-0.05, 0) is 122 Å². The number of fused-ring (bicyclic) bond motifs is 3. The molecule has 2 aromatic heterocycles. The largest absolute Gasteiger partial charge is 0.457 e. The minimum atomic E-state index is -0.149. The van der Waals surface area contributed by atoms with E-state index < -0.39 is 0 Å². The number of allylic oxidation sites excluding steroid dienone is 1. The molecule has 0 saturated carbocycles. The Bertz CT molecular complexity index is 3230. The Morgan fingerprint density at radius 1 is 0.433 bits per heavy atom. The number of benzene rings is 7. The fraction of sp³-hybridized carbons (Fsp3) is 0.210. The van der Waals surface area contributed by atoms with Crippen molar-refractivity contribution < 1.29 is 4.74 Å². The summed E-state index contributed by atoms with van der Waals surface area (Å²) >= 11 is 0. The van der Waals surface area contributed by atoms with Crippen molar-refractivity contribution in [2.45, 2.75) is 73.1 Å². The fourth-order valence-corrected chi connectivity index (χ4v) is 9.35. The van der Waals surface area contributed by atoms with Crippen LogP contribution in [0.25, 0.3) is 61.0 Å². The molecule has 0 N–H and O–H groups in total. The summed E-state index contributed by atoms with van der Waals surface area (Å²) in [5, 5.41) is 2.37. The summed E-state index contributed by atoms with van der Waals surface area (Å²) in [6, 6.07) is 63.4. The number of hydrogen-bond donors (Lipinski definition) is 0. The quantitative estimate of drug-likeness (QED) is 0.152. The first kappa shape index (κ1) is 43.5. The Labute approximate surface area is 396 Å². The van der Waals surface area contributed by atoms with Crippen molar-refractivity contribution >= 4 is 33.2 Å². The molecule has 0 saturated heterocycles. The van der Waals surface area contributed by atoms with Gasteiger partial charge in [-0.3, -0.25) is 4.57 Å². The lowest BCUT2D eigenvalue weighted by Gasteiger charge is -2.31. The molecule has 9 aromatic rings. The van der Waals surface area contributed by atoms with E-state index in [1.807, 2.05) is 6.20 Å². The van der Waals surface area contributed by atoms with E-state index >= 15 is 0 Å². The third-order valence-electron chi connectivity index (χ3n) is 13.1. The van der Waals surface area contributed by atoms with E-state index in [0.717, 1.165) is 50.9 Å². The molecule has 1 aliphatic heterocycles. The SMILES string of the molecule is CC(C)(C)C1=CN(c2cc(Oc3ccc4c5cc(C(C)(C)C)ccc5n(-c5cc(C(C)(C)C)ccn5)c4c3)cc(-c3ccccc3)c2)CN1c1cc(-c2ccccc2)cc(-c2ccccc2)c1. The highest BCUT2D eigenvalue weighted by molar-refractivity contribution is 6.10. The average Bonchev–Trinajstić information content (AvgIpc) is 3.92. The van der Waals surface area contributed by atoms with E-state index in [0.29, 0.717) is 6.67 Å². The molecule has 0 atom stereocenters. The van der Waals surface area contributed by atoms with Crippen molar-refractivity contribution in [2.24, 2.45) is 5.41 Å². The van der Waals surface area contributed by atoms with Crippen LogP contribution in [0, 0.1) is 5.41 Å². The highest BCUT2D eigenvalue weighted by Crippen LogP contribution is 2.44. The molecule has 10 rings (SSSR count). The molecule has 0 bridgehead atoms. The number of nitrogens with zero attached hydrogens (tertiary/aromatic N) is 4. The highest BCUT2D eigenvalue weighted by Gasteiger charge is 2.32. The van der Waals surface area contributed by atoms with Gasteiger partial charge >= 0.3 is 0 Å². The summed E-state index contributed by atoms with van der Waals surface area (Å²) in [6.45, 7) is 21.1. The van der Waals surface area contributed by atoms with Gasteiger partial charge in [0.25, 0.3) is 0 Å². The van der Waals surface area contributed by atoms with Gasteiger partial charge in [-0.1, -0.05) is 159 Å². The minimum absolute atomic E-state index is 0.00402. The standard InChI is InChI=1S/C62H60N4O/c1-60(2,3)48-25-28-56-55(36-48)54-27-26-52(39-57(54)66(56)59-37-49(29-30-63-59)61(4,5)6)67-53-35-47(44-23-17-12-18-24-44)32-50(38-53)64-40-58(62(7,8)9)65(41-64)51-33-45(42-19-13-10-14-20-42)31-46(34-51)43-21-15-11-16-22-43/h10-40H,41H2,1-9H3. The minimum Gasteiger partial charge on any atom is -0.457 e. The zero-order valence-corrected chi connectivity index (χ0v) is 40.3. The molecule has 0 amide bonds. The summed E-state index contributed by atoms with van der Waals surface area (Å²) in [5.41, 5.74) is 15.0. The summed E-state index contributed by atoms with van der Waals surface area (Å²) in [7, 11) is 0. The number of pyridine rings is 1. The maximum atomic E-state index is 7.03. The Hall–Kier alpha value is -7.37. The van der Waals surface area contributed by atoms with Crippen molar-refractivity contribution in [3.8, 4) is 50.7 Å². The monoisotopic (exact) mass is 876 g/mol. The molecule has 1 aliphatic rings. The molecular formula is C62H60N4O. The zero-order valence-electron chi connectivity index (χ0n) is 40.3. The maximum Gasteiger partial charge on any atom is 0.137 e. The smallest absolute Gasteiger partial charge is 0.137 e. The van der Waals surface area contributed by atoms with Crippen LogP contribution in [0.15, 0.2) is 194 Å². The fourth-order valence-electron chi connectivity index (χ4n) is 9.35. The van der Waals surface area contributed by atoms with Crippen LogP contribution in [-0.4, -0.2) is 16.2 Å². The highest BCUT2D eigenvalue weighted by atomic mass is 16.5. The molecule has 0 aliphatic carbocycles. The van der Waals surface area contributed by atoms with Crippen LogP contribution in [-0.2, 0) is 10.8 Å². The molecule has 0 spiro atoms. The van der Waals surface area contributed by atoms with Crippen LogP contribution in [0.1, 0.15) is 73.4 Å².